The van der Waals surface area contributed by atoms with Crippen LogP contribution in [0.4, 0.5) is 0 Å². The van der Waals surface area contributed by atoms with Crippen LogP contribution in [0, 0.1) is 5.92 Å². The second-order valence-electron chi connectivity index (χ2n) is 6.07. The Morgan fingerprint density at radius 1 is 1.41 bits per heavy atom. The molecule has 0 bridgehead atoms. The van der Waals surface area contributed by atoms with E-state index < -0.39 is 0 Å². The van der Waals surface area contributed by atoms with Gasteiger partial charge in [0.05, 0.1) is 5.52 Å². The molecule has 3 rings (SSSR count). The van der Waals surface area contributed by atoms with E-state index in [2.05, 4.69) is 11.1 Å². The smallest absolute Gasteiger partial charge is 0.222 e. The summed E-state index contributed by atoms with van der Waals surface area (Å²) in [5.41, 5.74) is 2.12. The third-order valence-electron chi connectivity index (χ3n) is 4.23. The second kappa shape index (κ2) is 6.88. The molecule has 0 saturated carbocycles. The molecule has 4 nitrogen and oxygen atoms in total. The van der Waals surface area contributed by atoms with Gasteiger partial charge >= 0.3 is 0 Å². The molecule has 1 atom stereocenters. The maximum atomic E-state index is 12.3. The normalized spacial score (nSPS) is 18.3. The van der Waals surface area contributed by atoms with Gasteiger partial charge < -0.3 is 9.64 Å². The molecule has 0 unspecified atom stereocenters. The summed E-state index contributed by atoms with van der Waals surface area (Å²) in [5.74, 6) is 0.575. The van der Waals surface area contributed by atoms with Gasteiger partial charge in [-0.1, -0.05) is 12.1 Å². The first kappa shape index (κ1) is 15.0. The standard InChI is InChI=1S/C18H22N2O2/c1-20(18(21)11-15-4-3-9-22-13-15)12-14-6-7-17-16(10-14)5-2-8-19-17/h2,5-8,10,15H,3-4,9,11-13H2,1H3/t15-/m0/s1. The van der Waals surface area contributed by atoms with E-state index >= 15 is 0 Å². The van der Waals surface area contributed by atoms with E-state index in [0.717, 1.165) is 42.5 Å². The topological polar surface area (TPSA) is 42.4 Å². The number of ether oxygens (including phenoxy) is 1. The van der Waals surface area contributed by atoms with Crippen molar-refractivity contribution in [2.24, 2.45) is 5.92 Å². The fourth-order valence-electron chi connectivity index (χ4n) is 2.96. The lowest BCUT2D eigenvalue weighted by Crippen LogP contribution is -2.30. The lowest BCUT2D eigenvalue weighted by atomic mass is 9.98. The molecule has 1 aromatic carbocycles. The first-order valence-electron chi connectivity index (χ1n) is 7.88. The van der Waals surface area contributed by atoms with Crippen molar-refractivity contribution in [3.63, 3.8) is 0 Å². The van der Waals surface area contributed by atoms with Gasteiger partial charge in [-0.05, 0) is 42.5 Å². The lowest BCUT2D eigenvalue weighted by Gasteiger charge is -2.24. The summed E-state index contributed by atoms with van der Waals surface area (Å²) in [4.78, 5) is 18.5. The molecule has 1 saturated heterocycles. The third-order valence-corrected chi connectivity index (χ3v) is 4.23. The van der Waals surface area contributed by atoms with E-state index in [0.29, 0.717) is 18.9 Å². The van der Waals surface area contributed by atoms with Gasteiger partial charge in [0.15, 0.2) is 0 Å². The number of hydrogen-bond donors (Lipinski definition) is 0. The number of nitrogens with zero attached hydrogens (tertiary/aromatic N) is 2. The van der Waals surface area contributed by atoms with Crippen LogP contribution >= 0.6 is 0 Å². The van der Waals surface area contributed by atoms with Crippen LogP contribution < -0.4 is 0 Å². The molecule has 0 aliphatic carbocycles. The highest BCUT2D eigenvalue weighted by Gasteiger charge is 2.19. The van der Waals surface area contributed by atoms with Crippen molar-refractivity contribution in [2.45, 2.75) is 25.8 Å². The van der Waals surface area contributed by atoms with Crippen LogP contribution in [0.1, 0.15) is 24.8 Å². The Hall–Kier alpha value is -1.94. The fraction of sp³-hybridized carbons (Fsp3) is 0.444. The molecule has 2 aromatic rings. The first-order valence-corrected chi connectivity index (χ1v) is 7.88. The van der Waals surface area contributed by atoms with Gasteiger partial charge in [-0.2, -0.15) is 0 Å². The summed E-state index contributed by atoms with van der Waals surface area (Å²) in [5, 5.41) is 1.11. The van der Waals surface area contributed by atoms with Crippen molar-refractivity contribution in [3.8, 4) is 0 Å². The molecule has 1 aliphatic rings. The van der Waals surface area contributed by atoms with Gasteiger partial charge in [0.2, 0.25) is 5.91 Å². The van der Waals surface area contributed by atoms with E-state index in [1.165, 1.54) is 0 Å². The molecule has 1 aliphatic heterocycles. The second-order valence-corrected chi connectivity index (χ2v) is 6.07. The van der Waals surface area contributed by atoms with Crippen LogP contribution in [0.25, 0.3) is 10.9 Å². The number of fused-ring (bicyclic) bond motifs is 1. The maximum absolute atomic E-state index is 12.3. The van der Waals surface area contributed by atoms with Crippen LogP contribution in [-0.4, -0.2) is 36.1 Å². The summed E-state index contributed by atoms with van der Waals surface area (Å²) >= 11 is 0. The largest absolute Gasteiger partial charge is 0.381 e. The van der Waals surface area contributed by atoms with Gasteiger partial charge in [0, 0.05) is 44.8 Å². The van der Waals surface area contributed by atoms with Crippen LogP contribution in [-0.2, 0) is 16.1 Å². The number of aromatic nitrogens is 1. The molecule has 4 heteroatoms. The van der Waals surface area contributed by atoms with Crippen molar-refractivity contribution in [1.29, 1.82) is 0 Å². The molecule has 0 spiro atoms. The molecule has 116 valence electrons. The summed E-state index contributed by atoms with van der Waals surface area (Å²) in [6, 6.07) is 10.1. The van der Waals surface area contributed by atoms with Crippen LogP contribution in [0.2, 0.25) is 0 Å². The van der Waals surface area contributed by atoms with Gasteiger partial charge in [-0.15, -0.1) is 0 Å². The number of benzene rings is 1. The average molecular weight is 298 g/mol. The Labute approximate surface area is 131 Å². The zero-order chi connectivity index (χ0) is 15.4. The first-order chi connectivity index (χ1) is 10.7. The zero-order valence-electron chi connectivity index (χ0n) is 13.0. The van der Waals surface area contributed by atoms with Crippen molar-refractivity contribution >= 4 is 16.8 Å². The van der Waals surface area contributed by atoms with E-state index in [1.807, 2.05) is 36.2 Å². The summed E-state index contributed by atoms with van der Waals surface area (Å²) in [7, 11) is 1.87. The monoisotopic (exact) mass is 298 g/mol. The lowest BCUT2D eigenvalue weighted by molar-refractivity contribution is -0.132. The van der Waals surface area contributed by atoms with E-state index in [-0.39, 0.29) is 5.91 Å². The molecule has 1 aromatic heterocycles. The zero-order valence-corrected chi connectivity index (χ0v) is 13.0. The predicted molar refractivity (Wildman–Crippen MR) is 86.4 cm³/mol. The molecule has 22 heavy (non-hydrogen) atoms. The van der Waals surface area contributed by atoms with Crippen molar-refractivity contribution in [2.75, 3.05) is 20.3 Å². The van der Waals surface area contributed by atoms with Crippen LogP contribution in [0.5, 0.6) is 0 Å². The van der Waals surface area contributed by atoms with Gasteiger partial charge in [-0.3, -0.25) is 9.78 Å². The van der Waals surface area contributed by atoms with Crippen molar-refractivity contribution in [1.82, 2.24) is 9.88 Å². The van der Waals surface area contributed by atoms with Gasteiger partial charge in [-0.25, -0.2) is 0 Å². The highest BCUT2D eigenvalue weighted by atomic mass is 16.5. The SMILES string of the molecule is CN(Cc1ccc2ncccc2c1)C(=O)C[C@@H]1CCCOC1. The molecule has 2 heterocycles. The molecule has 0 radical (unpaired) electrons. The highest BCUT2D eigenvalue weighted by Crippen LogP contribution is 2.19. The molecular weight excluding hydrogens is 276 g/mol. The molecule has 0 N–H and O–H groups in total. The summed E-state index contributed by atoms with van der Waals surface area (Å²) < 4.78 is 5.45. The molecule has 1 fully saturated rings. The van der Waals surface area contributed by atoms with E-state index in [4.69, 9.17) is 4.74 Å². The summed E-state index contributed by atoms with van der Waals surface area (Å²) in [6.07, 6.45) is 4.55. The number of hydrogen-bond acceptors (Lipinski definition) is 3. The fourth-order valence-corrected chi connectivity index (χ4v) is 2.96. The average Bonchev–Trinajstić information content (AvgIpc) is 2.55. The number of amides is 1. The van der Waals surface area contributed by atoms with Crippen LogP contribution in [0.15, 0.2) is 36.5 Å². The quantitative estimate of drug-likeness (QED) is 0.871. The van der Waals surface area contributed by atoms with Crippen molar-refractivity contribution < 1.29 is 9.53 Å². The third kappa shape index (κ3) is 3.63. The minimum absolute atomic E-state index is 0.196. The van der Waals surface area contributed by atoms with E-state index in [9.17, 15) is 4.79 Å². The Morgan fingerprint density at radius 2 is 2.32 bits per heavy atom. The van der Waals surface area contributed by atoms with Gasteiger partial charge in [0.25, 0.3) is 0 Å². The molecule has 1 amide bonds. The predicted octanol–water partition coefficient (Wildman–Crippen LogP) is 3.01. The Bertz CT molecular complexity index is 650. The highest BCUT2D eigenvalue weighted by molar-refractivity contribution is 5.79. The number of pyridine rings is 1. The Morgan fingerprint density at radius 3 is 3.14 bits per heavy atom. The number of carbonyl (C=O) groups excluding carboxylic acids is 1. The number of rotatable bonds is 4. The van der Waals surface area contributed by atoms with Crippen molar-refractivity contribution in [3.05, 3.63) is 42.1 Å². The minimum Gasteiger partial charge on any atom is -0.381 e. The Balaban J connectivity index is 1.61. The Kier molecular flexibility index (Phi) is 4.68. The van der Waals surface area contributed by atoms with Gasteiger partial charge in [0.1, 0.15) is 0 Å². The minimum atomic E-state index is 0.196. The summed E-state index contributed by atoms with van der Waals surface area (Å²) in [6.45, 7) is 2.20. The number of carbonyl (C=O) groups is 1. The molecular formula is C18H22N2O2. The van der Waals surface area contributed by atoms with E-state index in [1.54, 1.807) is 6.20 Å². The maximum Gasteiger partial charge on any atom is 0.222 e. The van der Waals surface area contributed by atoms with Crippen LogP contribution in [0.3, 0.4) is 0 Å².